The zero-order valence-corrected chi connectivity index (χ0v) is 64.3. The smallest absolute Gasteiger partial charge is 0.164 e. The highest BCUT2D eigenvalue weighted by Gasteiger charge is 2.20. The van der Waals surface area contributed by atoms with E-state index in [1.165, 1.54) is 0 Å². The van der Waals surface area contributed by atoms with E-state index < -0.39 is 0 Å². The SMILES string of the molecule is c1ccc(-c2cccc(-c3cccc(-c4cc(-c5cccc(-c6cccc(-c7ccccn7)n6)c5)nc(-c5cccc(-c6cccc(-c7ccccn7)n6)c5)n4)c3)n2)nc1.c1ccc(-c2cccc(-c3cccc(-c4nc(-c5cccc(-c6cccc(-c7ccccn7)n6)c5)nc(-c5cccc(-c6cccc(-c7ccccn7)n6)c5)n4)c3)n2)nc1. The van der Waals surface area contributed by atoms with Crippen molar-refractivity contribution in [1.29, 1.82) is 0 Å². The van der Waals surface area contributed by atoms with Crippen LogP contribution in [0.4, 0.5) is 0 Å². The molecular formula is C103H67N17. The van der Waals surface area contributed by atoms with Gasteiger partial charge in [-0.15, -0.1) is 0 Å². The summed E-state index contributed by atoms with van der Waals surface area (Å²) in [5.41, 5.74) is 27.1. The Morgan fingerprint density at radius 3 is 0.458 bits per heavy atom. The van der Waals surface area contributed by atoms with Crippen LogP contribution in [0.1, 0.15) is 0 Å². The Kier molecular flexibility index (Phi) is 20.9. The van der Waals surface area contributed by atoms with E-state index in [1.54, 1.807) is 37.2 Å². The summed E-state index contributed by atoms with van der Waals surface area (Å²) >= 11 is 0. The monoisotopic (exact) mass is 1540 g/mol. The summed E-state index contributed by atoms with van der Waals surface area (Å²) in [5.74, 6) is 2.17. The van der Waals surface area contributed by atoms with Gasteiger partial charge in [-0.3, -0.25) is 29.9 Å². The van der Waals surface area contributed by atoms with Gasteiger partial charge >= 0.3 is 0 Å². The third-order valence-electron chi connectivity index (χ3n) is 20.0. The van der Waals surface area contributed by atoms with Gasteiger partial charge in [0.1, 0.15) is 0 Å². The zero-order chi connectivity index (χ0) is 80.2. The van der Waals surface area contributed by atoms with Crippen molar-refractivity contribution in [3.05, 3.63) is 407 Å². The molecule has 14 heterocycles. The normalized spacial score (nSPS) is 11.0. The highest BCUT2D eigenvalue weighted by Crippen LogP contribution is 2.37. The molecule has 0 spiro atoms. The highest BCUT2D eigenvalue weighted by molar-refractivity contribution is 5.81. The molecule has 17 nitrogen and oxygen atoms in total. The van der Waals surface area contributed by atoms with Crippen LogP contribution in [0.2, 0.25) is 0 Å². The van der Waals surface area contributed by atoms with E-state index in [0.29, 0.717) is 23.3 Å². The van der Waals surface area contributed by atoms with Crippen LogP contribution in [0, 0.1) is 0 Å². The quantitative estimate of drug-likeness (QED) is 0.0779. The van der Waals surface area contributed by atoms with Crippen LogP contribution < -0.4 is 0 Å². The minimum atomic E-state index is 0.527. The number of aromatic nitrogens is 17. The molecule has 20 aromatic rings. The number of rotatable bonds is 18. The van der Waals surface area contributed by atoms with Crippen molar-refractivity contribution in [1.82, 2.24) is 84.7 Å². The number of nitrogens with zero attached hydrogens (tertiary/aromatic N) is 17. The summed E-state index contributed by atoms with van der Waals surface area (Å²) < 4.78 is 0. The van der Waals surface area contributed by atoms with Gasteiger partial charge in [-0.1, -0.05) is 182 Å². The molecule has 0 aliphatic heterocycles. The molecule has 14 aromatic heterocycles. The van der Waals surface area contributed by atoms with Crippen LogP contribution in [0.15, 0.2) is 407 Å². The van der Waals surface area contributed by atoms with E-state index in [4.69, 9.17) is 54.8 Å². The standard InChI is InChI=1S/C52H34N8.C51H33N9/c1-4-28-53-44(19-1)47-25-10-22-41(56-47)35-13-7-16-38(31-35)50-34-51(39-17-8-14-36(32-39)42-23-11-26-48(57-42)45-20-2-5-29-54-45)60-52(59-50)40-18-9-15-37(33-40)43-24-12-27-49(58-43)46-21-3-6-30-55-46;1-4-28-52-43(19-1)46-25-10-22-40(55-46)34-13-7-16-37(31-34)49-58-50(38-17-8-14-35(32-38)41-23-11-26-47(56-41)44-20-2-5-29-53-44)60-51(59-49)39-18-9-15-36(33-39)42-24-12-27-48(57-42)45-21-3-6-30-54-45/h1-34H;1-33H. The predicted octanol–water partition coefficient (Wildman–Crippen LogP) is 23.1. The number of hydrogen-bond donors (Lipinski definition) is 0. The molecule has 0 aliphatic rings. The maximum Gasteiger partial charge on any atom is 0.164 e. The molecule has 0 aliphatic carbocycles. The lowest BCUT2D eigenvalue weighted by molar-refractivity contribution is 1.07. The fourth-order valence-electron chi connectivity index (χ4n) is 14.1. The Morgan fingerprint density at radius 2 is 0.258 bits per heavy atom. The second kappa shape index (κ2) is 34.1. The molecule has 0 bridgehead atoms. The zero-order valence-electron chi connectivity index (χ0n) is 64.3. The van der Waals surface area contributed by atoms with Gasteiger partial charge in [0.15, 0.2) is 23.3 Å². The first-order valence-corrected chi connectivity index (χ1v) is 39.0. The number of pyridine rings is 12. The van der Waals surface area contributed by atoms with Gasteiger partial charge in [-0.05, 0) is 188 Å². The Hall–Kier alpha value is -16.8. The van der Waals surface area contributed by atoms with E-state index in [9.17, 15) is 0 Å². The molecule has 0 unspecified atom stereocenters. The Bertz CT molecular complexity index is 5930. The van der Waals surface area contributed by atoms with Crippen molar-refractivity contribution in [2.75, 3.05) is 0 Å². The van der Waals surface area contributed by atoms with Gasteiger partial charge in [0.2, 0.25) is 0 Å². The van der Waals surface area contributed by atoms with Gasteiger partial charge in [0.05, 0.1) is 114 Å². The maximum absolute atomic E-state index is 5.23. The van der Waals surface area contributed by atoms with Gasteiger partial charge in [-0.25, -0.2) is 54.8 Å². The molecule has 0 N–H and O–H groups in total. The highest BCUT2D eigenvalue weighted by atomic mass is 15.0. The van der Waals surface area contributed by atoms with Crippen LogP contribution in [-0.2, 0) is 0 Å². The van der Waals surface area contributed by atoms with Gasteiger partial charge in [0.25, 0.3) is 0 Å². The summed E-state index contributed by atoms with van der Waals surface area (Å²) in [6, 6.07) is 122. The van der Waals surface area contributed by atoms with Crippen molar-refractivity contribution in [3.8, 4) is 204 Å². The van der Waals surface area contributed by atoms with Crippen LogP contribution in [0.3, 0.4) is 0 Å². The third-order valence-corrected chi connectivity index (χ3v) is 20.0. The molecule has 0 radical (unpaired) electrons. The lowest BCUT2D eigenvalue weighted by Crippen LogP contribution is -2.01. The molecule has 0 fully saturated rings. The summed E-state index contributed by atoms with van der Waals surface area (Å²) in [6.07, 6.45) is 10.7. The van der Waals surface area contributed by atoms with Crippen LogP contribution in [-0.4, -0.2) is 84.7 Å². The third kappa shape index (κ3) is 16.6. The topological polar surface area (TPSA) is 219 Å². The molecule has 6 aromatic carbocycles. The first-order chi connectivity index (χ1) is 59.4. The van der Waals surface area contributed by atoms with E-state index >= 15 is 0 Å². The van der Waals surface area contributed by atoms with E-state index in [1.807, 2.05) is 297 Å². The van der Waals surface area contributed by atoms with Crippen LogP contribution in [0.5, 0.6) is 0 Å². The molecular weight excluding hydrogens is 1480 g/mol. The average Bonchev–Trinajstić information content (AvgIpc) is 0.785. The fourth-order valence-corrected chi connectivity index (χ4v) is 14.1. The minimum absolute atomic E-state index is 0.527. The molecule has 17 heteroatoms. The Balaban J connectivity index is 0.000000159. The molecule has 0 atom stereocenters. The first kappa shape index (κ1) is 73.4. The summed E-state index contributed by atoms with van der Waals surface area (Å²) in [4.78, 5) is 82.8. The van der Waals surface area contributed by atoms with E-state index in [2.05, 4.69) is 103 Å². The van der Waals surface area contributed by atoms with Crippen molar-refractivity contribution < 1.29 is 0 Å². The second-order valence-corrected chi connectivity index (χ2v) is 28.0. The predicted molar refractivity (Wildman–Crippen MR) is 473 cm³/mol. The molecule has 120 heavy (non-hydrogen) atoms. The molecule has 0 amide bonds. The lowest BCUT2D eigenvalue weighted by atomic mass is 10.0. The fraction of sp³-hybridized carbons (Fsp3) is 0. The van der Waals surface area contributed by atoms with Gasteiger partial charge in [-0.2, -0.15) is 0 Å². The maximum atomic E-state index is 5.23. The van der Waals surface area contributed by atoms with Gasteiger partial charge in [0, 0.05) is 104 Å². The Morgan fingerprint density at radius 1 is 0.100 bits per heavy atom. The number of hydrogen-bond acceptors (Lipinski definition) is 17. The lowest BCUT2D eigenvalue weighted by Gasteiger charge is -2.12. The molecule has 0 saturated heterocycles. The molecule has 0 saturated carbocycles. The number of benzene rings is 6. The van der Waals surface area contributed by atoms with E-state index in [0.717, 1.165) is 181 Å². The molecule has 20 rings (SSSR count). The van der Waals surface area contributed by atoms with Gasteiger partial charge < -0.3 is 0 Å². The molecule has 564 valence electrons. The average molecular weight is 1540 g/mol. The summed E-state index contributed by atoms with van der Waals surface area (Å²) in [5, 5.41) is 0. The van der Waals surface area contributed by atoms with Crippen LogP contribution >= 0.6 is 0 Å². The minimum Gasteiger partial charge on any atom is -0.255 e. The van der Waals surface area contributed by atoms with Crippen LogP contribution in [0.25, 0.3) is 204 Å². The second-order valence-electron chi connectivity index (χ2n) is 28.0. The Labute approximate surface area is 691 Å². The van der Waals surface area contributed by atoms with Crippen molar-refractivity contribution in [2.24, 2.45) is 0 Å². The van der Waals surface area contributed by atoms with Crippen molar-refractivity contribution >= 4 is 0 Å². The van der Waals surface area contributed by atoms with Crippen molar-refractivity contribution in [3.63, 3.8) is 0 Å². The van der Waals surface area contributed by atoms with Crippen molar-refractivity contribution in [2.45, 2.75) is 0 Å². The van der Waals surface area contributed by atoms with E-state index in [-0.39, 0.29) is 0 Å². The summed E-state index contributed by atoms with van der Waals surface area (Å²) in [7, 11) is 0. The largest absolute Gasteiger partial charge is 0.255 e. The first-order valence-electron chi connectivity index (χ1n) is 39.0. The summed E-state index contributed by atoms with van der Waals surface area (Å²) in [6.45, 7) is 0.